The van der Waals surface area contributed by atoms with Crippen molar-refractivity contribution in [3.8, 4) is 28.2 Å². The highest BCUT2D eigenvalue weighted by Crippen LogP contribution is 2.42. The van der Waals surface area contributed by atoms with Crippen LogP contribution in [0.3, 0.4) is 0 Å². The van der Waals surface area contributed by atoms with Gasteiger partial charge in [-0.15, -0.1) is 0 Å². The predicted molar refractivity (Wildman–Crippen MR) is 299 cm³/mol. The highest BCUT2D eigenvalue weighted by molar-refractivity contribution is 7.20. The van der Waals surface area contributed by atoms with E-state index in [4.69, 9.17) is 0 Å². The van der Waals surface area contributed by atoms with E-state index in [0.717, 1.165) is 33.7 Å². The minimum atomic E-state index is -2.84. The lowest BCUT2D eigenvalue weighted by Gasteiger charge is -2.34. The van der Waals surface area contributed by atoms with Crippen LogP contribution < -0.4 is 20.7 Å². The van der Waals surface area contributed by atoms with Gasteiger partial charge in [0.15, 0.2) is 8.07 Å². The van der Waals surface area contributed by atoms with Crippen LogP contribution in [0.5, 0.6) is 0 Å². The maximum atomic E-state index is 2.55. The number of hydrogen-bond acceptors (Lipinski definition) is 0. The van der Waals surface area contributed by atoms with Crippen LogP contribution in [0.25, 0.3) is 93.6 Å². The molecule has 0 atom stereocenters. The Morgan fingerprint density at radius 2 is 0.629 bits per heavy atom. The number of para-hydroxylation sites is 4. The highest BCUT2D eigenvalue weighted by atomic mass is 28.3. The predicted octanol–water partition coefficient (Wildman–Crippen LogP) is 14.0. The molecule has 0 spiro atoms. The second-order valence-corrected chi connectivity index (χ2v) is 22.2. The maximum absolute atomic E-state index is 2.84. The number of aromatic nitrogens is 3. The Balaban J connectivity index is 1.06. The number of benzene rings is 11. The average Bonchev–Trinajstić information content (AvgIpc) is 4.08. The molecule has 3 heterocycles. The van der Waals surface area contributed by atoms with E-state index in [0.29, 0.717) is 0 Å². The standard InChI is InChI=1S/C66H45N3Si/c1-5-22-46(23-6-1)47-42-48(67-59-34-17-13-30-54(59)55-31-14-18-35-60(55)67)44-49(43-47)68-62-37-20-16-33-58(62)66-63(68)38-21-39-64(66)69-61-36-19-15-32-56(61)57-41-40-53(45-65(57)69)70(50-24-7-2-8-25-50,51-26-9-3-10-27-51)52-28-11-4-12-29-52/h1-45H. The summed E-state index contributed by atoms with van der Waals surface area (Å²) in [6, 6.07) is 101. The molecule has 0 saturated heterocycles. The van der Waals surface area contributed by atoms with Crippen LogP contribution in [0.4, 0.5) is 0 Å². The molecule has 0 fully saturated rings. The zero-order valence-electron chi connectivity index (χ0n) is 38.3. The van der Waals surface area contributed by atoms with Crippen molar-refractivity contribution in [2.75, 3.05) is 0 Å². The molecular formula is C66H45N3Si. The summed E-state index contributed by atoms with van der Waals surface area (Å²) in [6.07, 6.45) is 0. The van der Waals surface area contributed by atoms with Crippen LogP contribution in [-0.2, 0) is 0 Å². The maximum Gasteiger partial charge on any atom is 0.179 e. The lowest BCUT2D eigenvalue weighted by atomic mass is 10.0. The zero-order chi connectivity index (χ0) is 46.2. The van der Waals surface area contributed by atoms with Crippen molar-refractivity contribution in [1.82, 2.24) is 13.7 Å². The highest BCUT2D eigenvalue weighted by Gasteiger charge is 2.41. The van der Waals surface area contributed by atoms with Crippen LogP contribution in [0.2, 0.25) is 0 Å². The summed E-state index contributed by atoms with van der Waals surface area (Å²) in [4.78, 5) is 0. The summed E-state index contributed by atoms with van der Waals surface area (Å²) < 4.78 is 7.49. The second-order valence-electron chi connectivity index (χ2n) is 18.4. The summed E-state index contributed by atoms with van der Waals surface area (Å²) in [7, 11) is -2.84. The molecule has 328 valence electrons. The van der Waals surface area contributed by atoms with Gasteiger partial charge in [-0.05, 0) is 92.5 Å². The quantitative estimate of drug-likeness (QED) is 0.107. The molecule has 14 aromatic rings. The van der Waals surface area contributed by atoms with Gasteiger partial charge < -0.3 is 13.7 Å². The van der Waals surface area contributed by atoms with Crippen LogP contribution in [-0.4, -0.2) is 21.8 Å². The molecule has 4 heteroatoms. The lowest BCUT2D eigenvalue weighted by molar-refractivity contribution is 1.13. The SMILES string of the molecule is c1ccc(-c2cc(-n3c4ccccc4c4ccccc43)cc(-n3c4ccccc4c4c(-n5c6ccccc6c6ccc([Si](c7ccccc7)(c7ccccc7)c7ccccc7)cc65)cccc43)c2)cc1. The van der Waals surface area contributed by atoms with Gasteiger partial charge in [0.25, 0.3) is 0 Å². The molecule has 0 unspecified atom stereocenters. The van der Waals surface area contributed by atoms with Crippen molar-refractivity contribution in [3.05, 3.63) is 273 Å². The van der Waals surface area contributed by atoms with Gasteiger partial charge in [0.1, 0.15) is 0 Å². The van der Waals surface area contributed by atoms with Gasteiger partial charge in [0.05, 0.1) is 38.8 Å². The Labute approximate surface area is 407 Å². The third-order valence-electron chi connectivity index (χ3n) is 14.7. The van der Waals surface area contributed by atoms with E-state index < -0.39 is 8.07 Å². The van der Waals surface area contributed by atoms with Gasteiger partial charge in [-0.3, -0.25) is 0 Å². The molecule has 0 bridgehead atoms. The Bertz CT molecular complexity index is 4130. The van der Waals surface area contributed by atoms with Gasteiger partial charge in [0.2, 0.25) is 0 Å². The van der Waals surface area contributed by atoms with E-state index in [1.54, 1.807) is 0 Å². The first-order chi connectivity index (χ1) is 34.8. The minimum Gasteiger partial charge on any atom is -0.309 e. The van der Waals surface area contributed by atoms with Crippen molar-refractivity contribution in [2.24, 2.45) is 0 Å². The fourth-order valence-electron chi connectivity index (χ4n) is 11.8. The first-order valence-electron chi connectivity index (χ1n) is 24.2. The monoisotopic (exact) mass is 907 g/mol. The van der Waals surface area contributed by atoms with Gasteiger partial charge in [0, 0.05) is 43.7 Å². The molecular weight excluding hydrogens is 863 g/mol. The van der Waals surface area contributed by atoms with E-state index >= 15 is 0 Å². The molecule has 0 aliphatic carbocycles. The largest absolute Gasteiger partial charge is 0.309 e. The molecule has 11 aromatic carbocycles. The lowest BCUT2D eigenvalue weighted by Crippen LogP contribution is -2.74. The minimum absolute atomic E-state index is 1.11. The van der Waals surface area contributed by atoms with Crippen molar-refractivity contribution in [2.45, 2.75) is 0 Å². The molecule has 0 radical (unpaired) electrons. The normalized spacial score (nSPS) is 12.0. The molecule has 0 aliphatic heterocycles. The molecule has 0 saturated carbocycles. The van der Waals surface area contributed by atoms with Crippen LogP contribution in [0.1, 0.15) is 0 Å². The Kier molecular flexibility index (Phi) is 9.23. The topological polar surface area (TPSA) is 14.8 Å². The Morgan fingerprint density at radius 3 is 1.16 bits per heavy atom. The third kappa shape index (κ3) is 6.00. The first-order valence-corrected chi connectivity index (χ1v) is 26.2. The molecule has 14 rings (SSSR count). The third-order valence-corrected chi connectivity index (χ3v) is 19.5. The van der Waals surface area contributed by atoms with Gasteiger partial charge >= 0.3 is 0 Å². The summed E-state index contributed by atoms with van der Waals surface area (Å²) in [5.74, 6) is 0. The molecule has 3 nitrogen and oxygen atoms in total. The number of fused-ring (bicyclic) bond motifs is 9. The number of nitrogens with zero attached hydrogens (tertiary/aromatic N) is 3. The van der Waals surface area contributed by atoms with Gasteiger partial charge in [-0.25, -0.2) is 0 Å². The number of rotatable bonds is 8. The van der Waals surface area contributed by atoms with Gasteiger partial charge in [-0.1, -0.05) is 212 Å². The molecule has 70 heavy (non-hydrogen) atoms. The van der Waals surface area contributed by atoms with Crippen LogP contribution >= 0.6 is 0 Å². The smallest absolute Gasteiger partial charge is 0.179 e. The summed E-state index contributed by atoms with van der Waals surface area (Å²) in [6.45, 7) is 0. The van der Waals surface area contributed by atoms with E-state index in [-0.39, 0.29) is 0 Å². The van der Waals surface area contributed by atoms with Crippen molar-refractivity contribution >= 4 is 94.2 Å². The summed E-state index contributed by atoms with van der Waals surface area (Å²) >= 11 is 0. The fourth-order valence-corrected chi connectivity index (χ4v) is 16.6. The Morgan fingerprint density at radius 1 is 0.229 bits per heavy atom. The molecule has 0 aliphatic rings. The van der Waals surface area contributed by atoms with E-state index in [1.165, 1.54) is 80.7 Å². The zero-order valence-corrected chi connectivity index (χ0v) is 39.3. The molecule has 3 aromatic heterocycles. The van der Waals surface area contributed by atoms with Crippen LogP contribution in [0.15, 0.2) is 273 Å². The van der Waals surface area contributed by atoms with Crippen LogP contribution in [0, 0.1) is 0 Å². The number of hydrogen-bond donors (Lipinski definition) is 0. The molecule has 0 amide bonds. The molecule has 0 N–H and O–H groups in total. The second kappa shape index (κ2) is 16.1. The van der Waals surface area contributed by atoms with E-state index in [9.17, 15) is 0 Å². The van der Waals surface area contributed by atoms with Gasteiger partial charge in [-0.2, -0.15) is 0 Å². The average molecular weight is 908 g/mol. The summed E-state index contributed by atoms with van der Waals surface area (Å²) in [5.41, 5.74) is 12.8. The van der Waals surface area contributed by atoms with Crippen molar-refractivity contribution in [3.63, 3.8) is 0 Å². The van der Waals surface area contributed by atoms with E-state index in [1.807, 2.05) is 0 Å². The van der Waals surface area contributed by atoms with E-state index in [2.05, 4.69) is 287 Å². The fraction of sp³-hybridized carbons (Fsp3) is 0. The summed E-state index contributed by atoms with van der Waals surface area (Å²) in [5, 5.41) is 12.8. The van der Waals surface area contributed by atoms with Crippen molar-refractivity contribution in [1.29, 1.82) is 0 Å². The van der Waals surface area contributed by atoms with Crippen molar-refractivity contribution < 1.29 is 0 Å². The Hall–Kier alpha value is -8.96. The first kappa shape index (κ1) is 40.1.